The molecule has 7 nitrogen and oxygen atoms in total. The van der Waals surface area contributed by atoms with Crippen molar-refractivity contribution in [2.24, 2.45) is 5.92 Å². The number of piperidine rings is 1. The molecule has 0 saturated carbocycles. The molecule has 182 valence electrons. The van der Waals surface area contributed by atoms with E-state index in [9.17, 15) is 18.0 Å². The van der Waals surface area contributed by atoms with Gasteiger partial charge in [-0.15, -0.1) is 0 Å². The predicted octanol–water partition coefficient (Wildman–Crippen LogP) is 3.65. The van der Waals surface area contributed by atoms with E-state index in [2.05, 4.69) is 5.32 Å². The molecule has 2 aromatic rings. The summed E-state index contributed by atoms with van der Waals surface area (Å²) in [6, 6.07) is 13.5. The van der Waals surface area contributed by atoms with E-state index >= 15 is 0 Å². The van der Waals surface area contributed by atoms with E-state index in [-0.39, 0.29) is 22.6 Å². The van der Waals surface area contributed by atoms with E-state index in [1.54, 1.807) is 27.4 Å². The molecule has 2 aliphatic rings. The van der Waals surface area contributed by atoms with Crippen LogP contribution in [0.2, 0.25) is 0 Å². The number of amides is 2. The third-order valence-corrected chi connectivity index (χ3v) is 8.34. The van der Waals surface area contributed by atoms with Crippen molar-refractivity contribution in [1.29, 1.82) is 0 Å². The lowest BCUT2D eigenvalue weighted by molar-refractivity contribution is -0.128. The first-order valence-corrected chi connectivity index (χ1v) is 13.5. The van der Waals surface area contributed by atoms with Gasteiger partial charge >= 0.3 is 0 Å². The molecule has 2 heterocycles. The number of nitrogens with zero attached hydrogens (tertiary/aromatic N) is 2. The van der Waals surface area contributed by atoms with Gasteiger partial charge in [-0.05, 0) is 54.5 Å². The van der Waals surface area contributed by atoms with Crippen molar-refractivity contribution in [3.05, 3.63) is 59.7 Å². The molecule has 1 N–H and O–H groups in total. The van der Waals surface area contributed by atoms with Crippen molar-refractivity contribution in [2.75, 3.05) is 24.5 Å². The minimum atomic E-state index is -3.54. The van der Waals surface area contributed by atoms with E-state index in [1.165, 1.54) is 0 Å². The smallest absolute Gasteiger partial charge is 0.254 e. The van der Waals surface area contributed by atoms with Crippen LogP contribution < -0.4 is 10.2 Å². The zero-order chi connectivity index (χ0) is 24.3. The molecular formula is C26H33N3O4S. The summed E-state index contributed by atoms with van der Waals surface area (Å²) in [5.74, 6) is -0.201. The Hall–Kier alpha value is -2.71. The average molecular weight is 484 g/mol. The number of fused-ring (bicyclic) bond motifs is 1. The van der Waals surface area contributed by atoms with E-state index in [1.807, 2.05) is 44.2 Å². The summed E-state index contributed by atoms with van der Waals surface area (Å²) in [5.41, 5.74) is 2.27. The molecule has 0 radical (unpaired) electrons. The number of rotatable bonds is 7. The fourth-order valence-corrected chi connectivity index (χ4v) is 6.27. The Kier molecular flexibility index (Phi) is 7.38. The minimum absolute atomic E-state index is 0.167. The standard InChI is InChI=1S/C26H33N3O4S/c1-19(2)17-24(30)27-25(20-9-5-3-6-10-20)26(31)29-16-13-21-18-22(11-12-23(21)29)34(32,33)28-14-7-4-8-15-28/h3,5-6,9-12,18-19,25H,4,7-8,13-17H2,1-2H3,(H,27,30). The second-order valence-electron chi connectivity index (χ2n) is 9.50. The first-order chi connectivity index (χ1) is 16.3. The molecule has 0 spiro atoms. The summed E-state index contributed by atoms with van der Waals surface area (Å²) in [5, 5.41) is 2.92. The average Bonchev–Trinajstić information content (AvgIpc) is 3.26. The third-order valence-electron chi connectivity index (χ3n) is 6.44. The van der Waals surface area contributed by atoms with Gasteiger partial charge in [-0.2, -0.15) is 4.31 Å². The van der Waals surface area contributed by atoms with Crippen molar-refractivity contribution in [1.82, 2.24) is 9.62 Å². The Morgan fingerprint density at radius 2 is 1.68 bits per heavy atom. The second kappa shape index (κ2) is 10.3. The molecule has 0 aromatic heterocycles. The Morgan fingerprint density at radius 1 is 0.971 bits per heavy atom. The Bertz CT molecular complexity index is 1140. The van der Waals surface area contributed by atoms with Crippen molar-refractivity contribution >= 4 is 27.5 Å². The van der Waals surface area contributed by atoms with Crippen LogP contribution in [0.3, 0.4) is 0 Å². The summed E-state index contributed by atoms with van der Waals surface area (Å²) < 4.78 is 27.8. The van der Waals surface area contributed by atoms with Crippen LogP contribution in [0.15, 0.2) is 53.4 Å². The summed E-state index contributed by atoms with van der Waals surface area (Å²) >= 11 is 0. The van der Waals surface area contributed by atoms with Gasteiger partial charge in [-0.25, -0.2) is 8.42 Å². The molecule has 4 rings (SSSR count). The molecule has 1 unspecified atom stereocenters. The Morgan fingerprint density at radius 3 is 2.35 bits per heavy atom. The summed E-state index contributed by atoms with van der Waals surface area (Å²) in [6.45, 7) is 5.48. The van der Waals surface area contributed by atoms with Crippen LogP contribution in [-0.2, 0) is 26.0 Å². The first-order valence-electron chi connectivity index (χ1n) is 12.1. The van der Waals surface area contributed by atoms with Crippen molar-refractivity contribution in [3.8, 4) is 0 Å². The Labute approximate surface area is 202 Å². The first kappa shape index (κ1) is 24.4. The summed E-state index contributed by atoms with van der Waals surface area (Å²) in [4.78, 5) is 28.1. The summed E-state index contributed by atoms with van der Waals surface area (Å²) in [7, 11) is -3.54. The van der Waals surface area contributed by atoms with Gasteiger partial charge < -0.3 is 10.2 Å². The predicted molar refractivity (Wildman–Crippen MR) is 132 cm³/mol. The maximum atomic E-state index is 13.6. The van der Waals surface area contributed by atoms with E-state index in [0.29, 0.717) is 38.2 Å². The molecule has 1 saturated heterocycles. The van der Waals surface area contributed by atoms with Crippen LogP contribution in [0.1, 0.15) is 56.7 Å². The zero-order valence-electron chi connectivity index (χ0n) is 19.9. The molecule has 2 aromatic carbocycles. The Balaban J connectivity index is 1.59. The highest BCUT2D eigenvalue weighted by Crippen LogP contribution is 2.33. The number of hydrogen-bond donors (Lipinski definition) is 1. The number of hydrogen-bond acceptors (Lipinski definition) is 4. The number of carbonyl (C=O) groups excluding carboxylic acids is 2. The number of nitrogens with one attached hydrogen (secondary N) is 1. The van der Waals surface area contributed by atoms with Gasteiger partial charge in [0, 0.05) is 31.7 Å². The van der Waals surface area contributed by atoms with Gasteiger partial charge in [0.2, 0.25) is 15.9 Å². The number of benzene rings is 2. The molecule has 2 amide bonds. The van der Waals surface area contributed by atoms with Gasteiger partial charge in [0.15, 0.2) is 0 Å². The lowest BCUT2D eigenvalue weighted by atomic mass is 10.0. The van der Waals surface area contributed by atoms with E-state index in [0.717, 1.165) is 30.4 Å². The molecule has 2 aliphatic heterocycles. The van der Waals surface area contributed by atoms with E-state index in [4.69, 9.17) is 0 Å². The highest BCUT2D eigenvalue weighted by atomic mass is 32.2. The molecular weight excluding hydrogens is 450 g/mol. The van der Waals surface area contributed by atoms with Gasteiger partial charge in [0.1, 0.15) is 6.04 Å². The lowest BCUT2D eigenvalue weighted by Crippen LogP contribution is -2.42. The van der Waals surface area contributed by atoms with Crippen LogP contribution in [0.5, 0.6) is 0 Å². The van der Waals surface area contributed by atoms with Gasteiger partial charge in [0.25, 0.3) is 5.91 Å². The molecule has 34 heavy (non-hydrogen) atoms. The fraction of sp³-hybridized carbons (Fsp3) is 0.462. The van der Waals surface area contributed by atoms with Gasteiger partial charge in [-0.3, -0.25) is 9.59 Å². The fourth-order valence-electron chi connectivity index (χ4n) is 4.70. The quantitative estimate of drug-likeness (QED) is 0.651. The van der Waals surface area contributed by atoms with Crippen molar-refractivity contribution < 1.29 is 18.0 Å². The molecule has 8 heteroatoms. The normalized spacial score (nSPS) is 17.4. The van der Waals surface area contributed by atoms with Crippen LogP contribution in [0.25, 0.3) is 0 Å². The highest BCUT2D eigenvalue weighted by Gasteiger charge is 2.34. The number of sulfonamides is 1. The van der Waals surface area contributed by atoms with Gasteiger partial charge in [-0.1, -0.05) is 50.6 Å². The molecule has 1 fully saturated rings. The van der Waals surface area contributed by atoms with Crippen molar-refractivity contribution in [3.63, 3.8) is 0 Å². The topological polar surface area (TPSA) is 86.8 Å². The molecule has 0 bridgehead atoms. The van der Waals surface area contributed by atoms with Crippen molar-refractivity contribution in [2.45, 2.75) is 56.9 Å². The van der Waals surface area contributed by atoms with Gasteiger partial charge in [0.05, 0.1) is 4.90 Å². The maximum Gasteiger partial charge on any atom is 0.254 e. The second-order valence-corrected chi connectivity index (χ2v) is 11.4. The number of carbonyl (C=O) groups is 2. The maximum absolute atomic E-state index is 13.6. The highest BCUT2D eigenvalue weighted by molar-refractivity contribution is 7.89. The monoisotopic (exact) mass is 483 g/mol. The van der Waals surface area contributed by atoms with Crippen LogP contribution in [-0.4, -0.2) is 44.2 Å². The van der Waals surface area contributed by atoms with E-state index < -0.39 is 16.1 Å². The zero-order valence-corrected chi connectivity index (χ0v) is 20.7. The molecule has 0 aliphatic carbocycles. The third kappa shape index (κ3) is 5.18. The largest absolute Gasteiger partial charge is 0.341 e. The SMILES string of the molecule is CC(C)CC(=O)NC(C(=O)N1CCc2cc(S(=O)(=O)N3CCCCC3)ccc21)c1ccccc1. The lowest BCUT2D eigenvalue weighted by Gasteiger charge is -2.27. The summed E-state index contributed by atoms with van der Waals surface area (Å²) in [6.07, 6.45) is 3.74. The minimum Gasteiger partial charge on any atom is -0.341 e. The van der Waals surface area contributed by atoms with Crippen LogP contribution in [0.4, 0.5) is 5.69 Å². The number of anilines is 1. The molecule has 1 atom stereocenters. The van der Waals surface area contributed by atoms with Crippen LogP contribution in [0, 0.1) is 5.92 Å². The van der Waals surface area contributed by atoms with Crippen LogP contribution >= 0.6 is 0 Å².